The first kappa shape index (κ1) is 34.2. The first-order chi connectivity index (χ1) is 11.7. The van der Waals surface area contributed by atoms with E-state index in [1.165, 1.54) is 20.4 Å². The standard InChI is InChI=1S/2C9H9ClNS.4ClH.Zn/c2*1-2-11-7-5-3-4-6-8(7)12-9(11)10;;;;;/h2*3-6H,2H2,1H3;4*1H;/q2*+1;;;;;+2/p-4. The van der Waals surface area contributed by atoms with E-state index in [4.69, 9.17) is 23.2 Å². The van der Waals surface area contributed by atoms with Crippen LogP contribution < -0.4 is 58.8 Å². The molecule has 2 aromatic heterocycles. The smallest absolute Gasteiger partial charge is 1.00 e. The van der Waals surface area contributed by atoms with Crippen LogP contribution >= 0.6 is 45.9 Å². The number of hydrogen-bond donors (Lipinski definition) is 0. The minimum atomic E-state index is 0. The molecule has 11 heteroatoms. The molecule has 156 valence electrons. The Kier molecular flexibility index (Phi) is 19.2. The van der Waals surface area contributed by atoms with E-state index in [-0.39, 0.29) is 69.1 Å². The molecule has 4 aromatic rings. The molecule has 0 spiro atoms. The van der Waals surface area contributed by atoms with Crippen LogP contribution in [0.15, 0.2) is 48.5 Å². The van der Waals surface area contributed by atoms with Gasteiger partial charge in [0.15, 0.2) is 0 Å². The van der Waals surface area contributed by atoms with Crippen LogP contribution in [0.25, 0.3) is 20.4 Å². The quantitative estimate of drug-likeness (QED) is 0.159. The van der Waals surface area contributed by atoms with Crippen LogP contribution in [-0.2, 0) is 32.6 Å². The van der Waals surface area contributed by atoms with Crippen LogP contribution in [0, 0.1) is 0 Å². The first-order valence-corrected chi connectivity index (χ1v) is 10.2. The summed E-state index contributed by atoms with van der Waals surface area (Å²) in [7, 11) is 0. The number of rotatable bonds is 2. The largest absolute Gasteiger partial charge is 2.00 e. The van der Waals surface area contributed by atoms with Crippen LogP contribution in [0.5, 0.6) is 0 Å². The van der Waals surface area contributed by atoms with Crippen LogP contribution in [-0.4, -0.2) is 0 Å². The van der Waals surface area contributed by atoms with Crippen LogP contribution in [0.4, 0.5) is 0 Å². The third-order valence-corrected chi connectivity index (χ3v) is 6.54. The molecule has 0 saturated heterocycles. The van der Waals surface area contributed by atoms with Crippen LogP contribution in [0.3, 0.4) is 0 Å². The minimum absolute atomic E-state index is 0. The molecule has 29 heavy (non-hydrogen) atoms. The molecule has 0 fully saturated rings. The fraction of sp³-hybridized carbons (Fsp3) is 0.222. The molecular weight excluding hydrogens is 586 g/mol. The van der Waals surface area contributed by atoms with Gasteiger partial charge in [-0.25, -0.2) is 0 Å². The maximum atomic E-state index is 6.05. The van der Waals surface area contributed by atoms with Crippen molar-refractivity contribution in [2.75, 3.05) is 0 Å². The van der Waals surface area contributed by atoms with E-state index in [0.717, 1.165) is 22.0 Å². The molecule has 0 aliphatic rings. The van der Waals surface area contributed by atoms with Crippen molar-refractivity contribution in [1.82, 2.24) is 0 Å². The number of halogens is 6. The monoisotopic (exact) mass is 600 g/mol. The number of hydrogen-bond acceptors (Lipinski definition) is 2. The summed E-state index contributed by atoms with van der Waals surface area (Å²) in [6.07, 6.45) is 0. The Morgan fingerprint density at radius 1 is 0.655 bits per heavy atom. The van der Waals surface area contributed by atoms with Crippen molar-refractivity contribution >= 4 is 66.3 Å². The molecule has 0 unspecified atom stereocenters. The summed E-state index contributed by atoms with van der Waals surface area (Å²) in [6.45, 7) is 6.07. The molecule has 0 saturated carbocycles. The van der Waals surface area contributed by atoms with Crippen molar-refractivity contribution in [3.8, 4) is 0 Å². The Morgan fingerprint density at radius 2 is 0.966 bits per heavy atom. The van der Waals surface area contributed by atoms with Crippen molar-refractivity contribution in [2.24, 2.45) is 0 Å². The van der Waals surface area contributed by atoms with Crippen molar-refractivity contribution in [1.29, 1.82) is 0 Å². The summed E-state index contributed by atoms with van der Waals surface area (Å²) in [5.74, 6) is 0. The predicted octanol–water partition coefficient (Wildman–Crippen LogP) is -6.26. The summed E-state index contributed by atoms with van der Waals surface area (Å²) < 4.78 is 8.45. The molecule has 0 bridgehead atoms. The van der Waals surface area contributed by atoms with Gasteiger partial charge in [0.25, 0.3) is 0 Å². The summed E-state index contributed by atoms with van der Waals surface area (Å²) in [4.78, 5) is 0. The van der Waals surface area contributed by atoms with E-state index in [9.17, 15) is 0 Å². The number of aromatic nitrogens is 2. The van der Waals surface area contributed by atoms with Gasteiger partial charge in [-0.1, -0.05) is 24.3 Å². The van der Waals surface area contributed by atoms with Crippen molar-refractivity contribution < 1.29 is 78.2 Å². The summed E-state index contributed by atoms with van der Waals surface area (Å²) in [6, 6.07) is 16.5. The van der Waals surface area contributed by atoms with Crippen molar-refractivity contribution in [3.05, 3.63) is 57.5 Å². The normalized spacial score (nSPS) is 8.97. The molecule has 0 aliphatic carbocycles. The molecule has 0 aliphatic heterocycles. The minimum Gasteiger partial charge on any atom is -1.00 e. The Balaban J connectivity index is -0.000000398. The van der Waals surface area contributed by atoms with Crippen molar-refractivity contribution in [3.63, 3.8) is 0 Å². The first-order valence-electron chi connectivity index (χ1n) is 7.79. The summed E-state index contributed by atoms with van der Waals surface area (Å²) in [5.41, 5.74) is 2.46. The van der Waals surface area contributed by atoms with Gasteiger partial charge in [0.1, 0.15) is 22.5 Å². The topological polar surface area (TPSA) is 7.76 Å². The third kappa shape index (κ3) is 7.89. The zero-order valence-electron chi connectivity index (χ0n) is 15.7. The Morgan fingerprint density at radius 3 is 1.28 bits per heavy atom. The van der Waals surface area contributed by atoms with Gasteiger partial charge in [-0.05, 0) is 48.7 Å². The molecule has 4 rings (SSSR count). The number of para-hydroxylation sites is 2. The zero-order chi connectivity index (χ0) is 17.1. The van der Waals surface area contributed by atoms with E-state index in [1.54, 1.807) is 22.7 Å². The second-order valence-corrected chi connectivity index (χ2v) is 8.36. The fourth-order valence-corrected chi connectivity index (χ4v) is 5.42. The molecule has 0 N–H and O–H groups in total. The van der Waals surface area contributed by atoms with Gasteiger partial charge in [0.05, 0.1) is 0 Å². The van der Waals surface area contributed by atoms with Gasteiger partial charge in [-0.2, -0.15) is 9.13 Å². The SMILES string of the molecule is CC[n+]1c(Cl)sc2ccccc21.CC[n+]1c(Cl)sc2ccccc21.[Cl-].[Cl-].[Cl-].[Cl-].[Zn+2]. The Labute approximate surface area is 227 Å². The van der Waals surface area contributed by atoms with Crippen LogP contribution in [0.1, 0.15) is 13.8 Å². The van der Waals surface area contributed by atoms with Gasteiger partial charge >= 0.3 is 28.4 Å². The van der Waals surface area contributed by atoms with Gasteiger partial charge in [0, 0.05) is 35.3 Å². The van der Waals surface area contributed by atoms with E-state index in [1.807, 2.05) is 24.3 Å². The number of benzene rings is 2. The second kappa shape index (κ2) is 16.2. The van der Waals surface area contributed by atoms with E-state index < -0.39 is 0 Å². The summed E-state index contributed by atoms with van der Waals surface area (Å²) in [5, 5.41) is 0. The molecule has 0 amide bonds. The van der Waals surface area contributed by atoms with Gasteiger partial charge in [-0.15, -0.1) is 0 Å². The molecule has 0 atom stereocenters. The molecule has 2 nitrogen and oxygen atoms in total. The maximum Gasteiger partial charge on any atom is 2.00 e. The Bertz CT molecular complexity index is 913. The van der Waals surface area contributed by atoms with Gasteiger partial charge < -0.3 is 49.6 Å². The fourth-order valence-electron chi connectivity index (χ4n) is 2.60. The number of thiazole rings is 2. The van der Waals surface area contributed by atoms with Crippen LogP contribution in [0.2, 0.25) is 8.93 Å². The van der Waals surface area contributed by atoms with E-state index in [2.05, 4.69) is 47.2 Å². The van der Waals surface area contributed by atoms with E-state index >= 15 is 0 Å². The van der Waals surface area contributed by atoms with Gasteiger partial charge in [0.2, 0.25) is 11.0 Å². The second-order valence-electron chi connectivity index (χ2n) is 5.13. The van der Waals surface area contributed by atoms with E-state index in [0.29, 0.717) is 0 Å². The zero-order valence-corrected chi connectivity index (χ0v) is 24.9. The molecule has 2 aromatic carbocycles. The molecular formula is C18H18Cl6N2S2Zn. The average molecular weight is 605 g/mol. The third-order valence-electron chi connectivity index (χ3n) is 3.76. The molecule has 0 radical (unpaired) electrons. The number of nitrogens with zero attached hydrogens (tertiary/aromatic N) is 2. The van der Waals surface area contributed by atoms with Gasteiger partial charge in [-0.3, -0.25) is 0 Å². The van der Waals surface area contributed by atoms with Crippen molar-refractivity contribution in [2.45, 2.75) is 26.9 Å². The number of aryl methyl sites for hydroxylation is 2. The summed E-state index contributed by atoms with van der Waals surface area (Å²) >= 11 is 15.4. The average Bonchev–Trinajstić information content (AvgIpc) is 3.09. The Hall–Kier alpha value is 0.583. The maximum absolute atomic E-state index is 6.05. The predicted molar refractivity (Wildman–Crippen MR) is 105 cm³/mol. The molecule has 2 heterocycles. The number of fused-ring (bicyclic) bond motifs is 2.